The summed E-state index contributed by atoms with van der Waals surface area (Å²) in [6, 6.07) is 6.89. The fourth-order valence-corrected chi connectivity index (χ4v) is 1.21. The van der Waals surface area contributed by atoms with Crippen LogP contribution in [0.5, 0.6) is 0 Å². The summed E-state index contributed by atoms with van der Waals surface area (Å²) in [7, 11) is 1.54. The Kier molecular flexibility index (Phi) is 3.40. The van der Waals surface area contributed by atoms with Crippen LogP contribution in [0.15, 0.2) is 24.3 Å². The Morgan fingerprint density at radius 2 is 2.00 bits per heavy atom. The molecule has 0 aliphatic heterocycles. The summed E-state index contributed by atoms with van der Waals surface area (Å²) in [4.78, 5) is 12.4. The van der Waals surface area contributed by atoms with Crippen molar-refractivity contribution in [2.75, 3.05) is 7.05 Å². The molecule has 1 unspecified atom stereocenters. The van der Waals surface area contributed by atoms with Crippen LogP contribution < -0.4 is 0 Å². The highest BCUT2D eigenvalue weighted by atomic mass is 19.1. The molecule has 1 amide bonds. The Labute approximate surface area is 87.7 Å². The Morgan fingerprint density at radius 3 is 2.40 bits per heavy atom. The lowest BCUT2D eigenvalue weighted by Gasteiger charge is -2.21. The van der Waals surface area contributed by atoms with Gasteiger partial charge in [0, 0.05) is 14.0 Å². The number of amides is 1. The summed E-state index contributed by atoms with van der Waals surface area (Å²) in [5.74, 6) is -0.563. The molecule has 1 atom stereocenters. The molecule has 0 N–H and O–H groups in total. The summed E-state index contributed by atoms with van der Waals surface area (Å²) in [5.41, 5.74) is 0.608. The standard InChI is InChI=1S/C11H11FN2O/c1-8(15)14(2)11(7-13)9-3-5-10(12)6-4-9/h3-6,11H,1-2H3. The molecular formula is C11H11FN2O. The van der Waals surface area contributed by atoms with Gasteiger partial charge in [-0.2, -0.15) is 5.26 Å². The number of nitriles is 1. The molecule has 0 saturated carbocycles. The first-order valence-electron chi connectivity index (χ1n) is 4.44. The lowest BCUT2D eigenvalue weighted by Crippen LogP contribution is -2.28. The van der Waals surface area contributed by atoms with Crippen molar-refractivity contribution < 1.29 is 9.18 Å². The number of carbonyl (C=O) groups is 1. The van der Waals surface area contributed by atoms with Gasteiger partial charge in [0.1, 0.15) is 11.9 Å². The molecule has 0 heterocycles. The van der Waals surface area contributed by atoms with Gasteiger partial charge in [0.15, 0.2) is 0 Å². The van der Waals surface area contributed by atoms with Crippen LogP contribution in [0.1, 0.15) is 18.5 Å². The maximum absolute atomic E-state index is 12.7. The third-order valence-corrected chi connectivity index (χ3v) is 2.19. The second kappa shape index (κ2) is 4.56. The fourth-order valence-electron chi connectivity index (χ4n) is 1.21. The van der Waals surface area contributed by atoms with E-state index >= 15 is 0 Å². The average Bonchev–Trinajstić information content (AvgIpc) is 2.21. The van der Waals surface area contributed by atoms with Crippen LogP contribution in [0, 0.1) is 17.1 Å². The van der Waals surface area contributed by atoms with E-state index in [9.17, 15) is 9.18 Å². The van der Waals surface area contributed by atoms with E-state index in [1.54, 1.807) is 7.05 Å². The van der Waals surface area contributed by atoms with Gasteiger partial charge in [-0.05, 0) is 17.7 Å². The minimum absolute atomic E-state index is 0.203. The predicted molar refractivity (Wildman–Crippen MR) is 53.2 cm³/mol. The van der Waals surface area contributed by atoms with E-state index in [1.165, 1.54) is 36.1 Å². The van der Waals surface area contributed by atoms with Crippen LogP contribution in [0.4, 0.5) is 4.39 Å². The Morgan fingerprint density at radius 1 is 1.47 bits per heavy atom. The molecule has 0 aliphatic carbocycles. The molecule has 0 spiro atoms. The molecule has 0 radical (unpaired) electrons. The van der Waals surface area contributed by atoms with Crippen LogP contribution in [0.25, 0.3) is 0 Å². The first-order chi connectivity index (χ1) is 7.06. The minimum atomic E-state index is -0.664. The number of nitrogens with zero attached hydrogens (tertiary/aromatic N) is 2. The van der Waals surface area contributed by atoms with Gasteiger partial charge < -0.3 is 4.90 Å². The van der Waals surface area contributed by atoms with E-state index in [0.29, 0.717) is 5.56 Å². The summed E-state index contributed by atoms with van der Waals surface area (Å²) in [6.07, 6.45) is 0. The lowest BCUT2D eigenvalue weighted by molar-refractivity contribution is -0.128. The highest BCUT2D eigenvalue weighted by Crippen LogP contribution is 2.18. The molecule has 78 valence electrons. The van der Waals surface area contributed by atoms with Crippen molar-refractivity contribution in [1.29, 1.82) is 5.26 Å². The van der Waals surface area contributed by atoms with Gasteiger partial charge in [-0.1, -0.05) is 12.1 Å². The molecule has 1 aromatic carbocycles. The van der Waals surface area contributed by atoms with Crippen LogP contribution in [0.2, 0.25) is 0 Å². The first kappa shape index (κ1) is 11.2. The molecule has 0 aromatic heterocycles. The number of carbonyl (C=O) groups excluding carboxylic acids is 1. The Hall–Kier alpha value is -1.89. The van der Waals surface area contributed by atoms with Crippen LogP contribution in [0.3, 0.4) is 0 Å². The quantitative estimate of drug-likeness (QED) is 0.741. The van der Waals surface area contributed by atoms with Gasteiger partial charge in [0.25, 0.3) is 0 Å². The molecule has 0 saturated heterocycles. The monoisotopic (exact) mass is 206 g/mol. The topological polar surface area (TPSA) is 44.1 Å². The van der Waals surface area contributed by atoms with Gasteiger partial charge in [-0.3, -0.25) is 4.79 Å². The maximum atomic E-state index is 12.7. The zero-order valence-electron chi connectivity index (χ0n) is 8.57. The third-order valence-electron chi connectivity index (χ3n) is 2.19. The first-order valence-corrected chi connectivity index (χ1v) is 4.44. The molecule has 0 aliphatic rings. The van der Waals surface area contributed by atoms with Crippen molar-refractivity contribution >= 4 is 5.91 Å². The summed E-state index contributed by atoms with van der Waals surface area (Å²) in [6.45, 7) is 1.38. The molecule has 1 rings (SSSR count). The minimum Gasteiger partial charge on any atom is -0.326 e. The van der Waals surface area contributed by atoms with E-state index in [4.69, 9.17) is 5.26 Å². The number of hydrogen-bond donors (Lipinski definition) is 0. The highest BCUT2D eigenvalue weighted by molar-refractivity contribution is 5.73. The van der Waals surface area contributed by atoms with Crippen LogP contribution in [-0.4, -0.2) is 17.9 Å². The van der Waals surface area contributed by atoms with E-state index in [2.05, 4.69) is 0 Å². The zero-order chi connectivity index (χ0) is 11.4. The summed E-state index contributed by atoms with van der Waals surface area (Å²) >= 11 is 0. The molecule has 3 nitrogen and oxygen atoms in total. The van der Waals surface area contributed by atoms with Crippen molar-refractivity contribution in [3.05, 3.63) is 35.6 Å². The van der Waals surface area contributed by atoms with Gasteiger partial charge in [-0.25, -0.2) is 4.39 Å². The van der Waals surface area contributed by atoms with E-state index in [1.807, 2.05) is 6.07 Å². The maximum Gasteiger partial charge on any atom is 0.220 e. The second-order valence-corrected chi connectivity index (χ2v) is 3.21. The predicted octanol–water partition coefficient (Wildman–Crippen LogP) is 1.87. The van der Waals surface area contributed by atoms with Crippen molar-refractivity contribution in [2.45, 2.75) is 13.0 Å². The lowest BCUT2D eigenvalue weighted by atomic mass is 10.1. The van der Waals surface area contributed by atoms with Crippen LogP contribution in [-0.2, 0) is 4.79 Å². The highest BCUT2D eigenvalue weighted by Gasteiger charge is 2.18. The van der Waals surface area contributed by atoms with Gasteiger partial charge in [0.05, 0.1) is 6.07 Å². The van der Waals surface area contributed by atoms with E-state index in [0.717, 1.165) is 0 Å². The Balaban J connectivity index is 2.99. The number of rotatable bonds is 2. The molecular weight excluding hydrogens is 195 g/mol. The summed E-state index contributed by atoms with van der Waals surface area (Å²) < 4.78 is 12.7. The summed E-state index contributed by atoms with van der Waals surface area (Å²) in [5, 5.41) is 8.93. The molecule has 0 fully saturated rings. The Bertz CT molecular complexity index is 394. The van der Waals surface area contributed by atoms with Crippen molar-refractivity contribution in [3.63, 3.8) is 0 Å². The number of benzene rings is 1. The number of hydrogen-bond acceptors (Lipinski definition) is 2. The van der Waals surface area contributed by atoms with E-state index in [-0.39, 0.29) is 11.7 Å². The normalized spacial score (nSPS) is 11.6. The fraction of sp³-hybridized carbons (Fsp3) is 0.273. The zero-order valence-corrected chi connectivity index (χ0v) is 8.57. The third kappa shape index (κ3) is 2.53. The molecule has 15 heavy (non-hydrogen) atoms. The average molecular weight is 206 g/mol. The SMILES string of the molecule is CC(=O)N(C)C(C#N)c1ccc(F)cc1. The molecule has 1 aromatic rings. The van der Waals surface area contributed by atoms with E-state index < -0.39 is 6.04 Å². The van der Waals surface area contributed by atoms with Crippen molar-refractivity contribution in [2.24, 2.45) is 0 Å². The molecule has 0 bridgehead atoms. The van der Waals surface area contributed by atoms with Crippen molar-refractivity contribution in [3.8, 4) is 6.07 Å². The molecule has 4 heteroatoms. The van der Waals surface area contributed by atoms with Gasteiger partial charge >= 0.3 is 0 Å². The van der Waals surface area contributed by atoms with Gasteiger partial charge in [-0.15, -0.1) is 0 Å². The number of halogens is 1. The second-order valence-electron chi connectivity index (χ2n) is 3.21. The van der Waals surface area contributed by atoms with Gasteiger partial charge in [0.2, 0.25) is 5.91 Å². The van der Waals surface area contributed by atoms with Crippen LogP contribution >= 0.6 is 0 Å². The smallest absolute Gasteiger partial charge is 0.220 e. The largest absolute Gasteiger partial charge is 0.326 e. The van der Waals surface area contributed by atoms with Crippen molar-refractivity contribution in [1.82, 2.24) is 4.90 Å².